The topological polar surface area (TPSA) is 200 Å². The third-order valence-corrected chi connectivity index (χ3v) is 4.41. The van der Waals surface area contributed by atoms with Gasteiger partial charge in [-0.1, -0.05) is 0 Å². The molecule has 5 N–H and O–H groups in total. The molecular weight excluding hydrogens is 357 g/mol. The molecule has 25 heavy (non-hydrogen) atoms. The molecule has 4 heterocycles. The highest BCUT2D eigenvalue weighted by molar-refractivity contribution is 7.51. The summed E-state index contributed by atoms with van der Waals surface area (Å²) in [7, 11) is -4.64. The van der Waals surface area contributed by atoms with E-state index >= 15 is 0 Å². The molecule has 0 bridgehead atoms. The van der Waals surface area contributed by atoms with Crippen molar-refractivity contribution in [2.45, 2.75) is 0 Å². The van der Waals surface area contributed by atoms with Crippen LogP contribution in [0.1, 0.15) is 0 Å². The van der Waals surface area contributed by atoms with Crippen LogP contribution < -0.4 is 21.5 Å². The lowest BCUT2D eigenvalue weighted by molar-refractivity contribution is 0.232. The van der Waals surface area contributed by atoms with Gasteiger partial charge >= 0.3 is 7.75 Å². The molecule has 0 saturated carbocycles. The Bertz CT molecular complexity index is 1280. The van der Waals surface area contributed by atoms with Crippen LogP contribution in [-0.4, -0.2) is 43.9 Å². The Morgan fingerprint density at radius 3 is 2.64 bits per heavy atom. The molecule has 0 amide bonds. The first-order valence-corrected chi connectivity index (χ1v) is 8.07. The van der Waals surface area contributed by atoms with Crippen LogP contribution in [0.4, 0.5) is 5.95 Å². The number of aromatic nitrogens is 8. The monoisotopic (exact) mass is 365 g/mol. The van der Waals surface area contributed by atoms with Crippen molar-refractivity contribution in [3.63, 3.8) is 0 Å². The summed E-state index contributed by atoms with van der Waals surface area (Å²) >= 11 is 0. The Morgan fingerprint density at radius 1 is 1.12 bits per heavy atom. The van der Waals surface area contributed by atoms with Gasteiger partial charge in [0.2, 0.25) is 11.6 Å². The van der Waals surface area contributed by atoms with Gasteiger partial charge in [0.15, 0.2) is 16.7 Å². The molecule has 4 aromatic heterocycles. The van der Waals surface area contributed by atoms with E-state index in [9.17, 15) is 19.0 Å². The van der Waals surface area contributed by atoms with Gasteiger partial charge < -0.3 is 15.3 Å². The Labute approximate surface area is 135 Å². The van der Waals surface area contributed by atoms with Gasteiger partial charge in [0, 0.05) is 0 Å². The number of anilines is 1. The van der Waals surface area contributed by atoms with Gasteiger partial charge in [-0.3, -0.25) is 19.5 Å². The molecule has 128 valence electrons. The smallest absolute Gasteiger partial charge is 0.369 e. The number of aromatic amines is 2. The summed E-state index contributed by atoms with van der Waals surface area (Å²) in [5.41, 5.74) is 3.61. The van der Waals surface area contributed by atoms with Gasteiger partial charge in [-0.25, -0.2) is 23.9 Å². The molecule has 0 aliphatic carbocycles. The summed E-state index contributed by atoms with van der Waals surface area (Å²) in [6.07, 6.45) is 3.00. The summed E-state index contributed by atoms with van der Waals surface area (Å²) in [4.78, 5) is 53.2. The van der Waals surface area contributed by atoms with E-state index in [2.05, 4.69) is 29.9 Å². The number of imidazole rings is 2. The Balaban J connectivity index is 1.85. The molecule has 0 aliphatic heterocycles. The van der Waals surface area contributed by atoms with E-state index in [-0.39, 0.29) is 28.3 Å². The molecule has 0 fully saturated rings. The van der Waals surface area contributed by atoms with Gasteiger partial charge in [-0.15, -0.1) is 4.73 Å². The van der Waals surface area contributed by atoms with Gasteiger partial charge in [-0.2, -0.15) is 4.98 Å². The highest BCUT2D eigenvalue weighted by Crippen LogP contribution is 2.42. The highest BCUT2D eigenvalue weighted by atomic mass is 31.2. The molecule has 0 spiro atoms. The van der Waals surface area contributed by atoms with Crippen molar-refractivity contribution >= 4 is 36.0 Å². The van der Waals surface area contributed by atoms with Crippen LogP contribution in [0.15, 0.2) is 28.6 Å². The van der Waals surface area contributed by atoms with E-state index in [4.69, 9.17) is 10.4 Å². The summed E-state index contributed by atoms with van der Waals surface area (Å²) in [5.74, 6) is -0.263. The highest BCUT2D eigenvalue weighted by Gasteiger charge is 2.30. The van der Waals surface area contributed by atoms with Crippen molar-refractivity contribution in [3.8, 4) is 0 Å². The molecule has 4 rings (SSSR count). The molecule has 0 saturated heterocycles. The molecule has 15 heteroatoms. The first-order chi connectivity index (χ1) is 11.9. The number of nitrogens with two attached hydrogens (primary N) is 1. The number of nitrogen functional groups attached to an aromatic ring is 1. The van der Waals surface area contributed by atoms with Crippen LogP contribution in [0, 0.1) is 0 Å². The summed E-state index contributed by atoms with van der Waals surface area (Å²) in [5, 5.41) is 0. The number of hydrogen-bond donors (Lipinski definition) is 4. The number of fused-ring (bicyclic) bond motifs is 2. The first kappa shape index (κ1) is 15.0. The molecule has 0 aromatic carbocycles. The standard InChI is InChI=1S/C10H8N9O5P/c11-10-16-7-5(9(21)17-10)15-3-19(7)25(22,23)24-18-2-14-4-6(18)12-1-13-8(4)20/h1-3H,(H,22,23)(H,12,13,20)(H3,11,16,17,21). The minimum atomic E-state index is -4.64. The summed E-state index contributed by atoms with van der Waals surface area (Å²) < 4.78 is 19.0. The fraction of sp³-hybridized carbons (Fsp3) is 0. The average molecular weight is 365 g/mol. The van der Waals surface area contributed by atoms with E-state index in [1.54, 1.807) is 0 Å². The average Bonchev–Trinajstić information content (AvgIpc) is 3.13. The molecular formula is C10H8N9O5P. The van der Waals surface area contributed by atoms with Crippen LogP contribution in [0.2, 0.25) is 0 Å². The summed E-state index contributed by atoms with van der Waals surface area (Å²) in [6, 6.07) is 0. The quantitative estimate of drug-likeness (QED) is 0.300. The van der Waals surface area contributed by atoms with E-state index in [0.29, 0.717) is 4.34 Å². The fourth-order valence-corrected chi connectivity index (χ4v) is 3.13. The fourth-order valence-electron chi connectivity index (χ4n) is 2.14. The van der Waals surface area contributed by atoms with E-state index in [1.807, 2.05) is 0 Å². The molecule has 14 nitrogen and oxygen atoms in total. The largest absolute Gasteiger partial charge is 0.511 e. The lowest BCUT2D eigenvalue weighted by Gasteiger charge is -2.13. The second-order valence-corrected chi connectivity index (χ2v) is 6.33. The van der Waals surface area contributed by atoms with Crippen LogP contribution in [0.3, 0.4) is 0 Å². The zero-order valence-corrected chi connectivity index (χ0v) is 12.9. The summed E-state index contributed by atoms with van der Waals surface area (Å²) in [6.45, 7) is 0. The van der Waals surface area contributed by atoms with Crippen molar-refractivity contribution in [1.29, 1.82) is 0 Å². The second kappa shape index (κ2) is 4.99. The maximum Gasteiger partial charge on any atom is 0.511 e. The lowest BCUT2D eigenvalue weighted by Crippen LogP contribution is -2.16. The van der Waals surface area contributed by atoms with Gasteiger partial charge in [-0.05, 0) is 0 Å². The Hall–Kier alpha value is -3.51. The van der Waals surface area contributed by atoms with E-state index in [0.717, 1.165) is 23.7 Å². The number of rotatable bonds is 3. The first-order valence-electron chi connectivity index (χ1n) is 6.54. The van der Waals surface area contributed by atoms with E-state index in [1.165, 1.54) is 0 Å². The third-order valence-electron chi connectivity index (χ3n) is 3.18. The van der Waals surface area contributed by atoms with E-state index < -0.39 is 18.9 Å². The Kier molecular flexibility index (Phi) is 3.00. The Morgan fingerprint density at radius 2 is 1.84 bits per heavy atom. The van der Waals surface area contributed by atoms with Gasteiger partial charge in [0.05, 0.1) is 6.33 Å². The predicted octanol–water partition coefficient (Wildman–Crippen LogP) is -1.79. The molecule has 0 aliphatic rings. The minimum Gasteiger partial charge on any atom is -0.369 e. The maximum atomic E-state index is 12.6. The number of nitrogens with one attached hydrogen (secondary N) is 2. The molecule has 4 aromatic rings. The van der Waals surface area contributed by atoms with Crippen molar-refractivity contribution in [2.75, 3.05) is 5.73 Å². The SMILES string of the molecule is Nc1nc2c(ncn2P(=O)(O)On2cnc3c(=O)[nH]cnc32)c(=O)[nH]1. The molecule has 0 radical (unpaired) electrons. The third kappa shape index (κ3) is 2.28. The van der Waals surface area contributed by atoms with Crippen molar-refractivity contribution < 1.29 is 14.1 Å². The zero-order valence-electron chi connectivity index (χ0n) is 12.0. The number of hydrogen-bond acceptors (Lipinski definition) is 9. The maximum absolute atomic E-state index is 12.6. The van der Waals surface area contributed by atoms with Gasteiger partial charge in [0.1, 0.15) is 12.7 Å². The zero-order chi connectivity index (χ0) is 17.8. The van der Waals surface area contributed by atoms with Crippen LogP contribution in [0.25, 0.3) is 22.3 Å². The van der Waals surface area contributed by atoms with Crippen molar-refractivity contribution in [1.82, 2.24) is 39.0 Å². The molecule has 1 unspecified atom stereocenters. The minimum absolute atomic E-state index is 0.0761. The van der Waals surface area contributed by atoms with Crippen LogP contribution >= 0.6 is 7.75 Å². The normalized spacial score (nSPS) is 14.0. The predicted molar refractivity (Wildman–Crippen MR) is 82.5 cm³/mol. The second-order valence-electron chi connectivity index (χ2n) is 4.76. The van der Waals surface area contributed by atoms with Crippen molar-refractivity contribution in [3.05, 3.63) is 39.7 Å². The number of H-pyrrole nitrogens is 2. The van der Waals surface area contributed by atoms with Gasteiger partial charge in [0.25, 0.3) is 11.1 Å². The lowest BCUT2D eigenvalue weighted by atomic mass is 10.5. The number of nitrogens with zero attached hydrogens (tertiary/aromatic N) is 6. The van der Waals surface area contributed by atoms with Crippen molar-refractivity contribution in [2.24, 2.45) is 0 Å². The van der Waals surface area contributed by atoms with Crippen LogP contribution in [-0.2, 0) is 4.57 Å². The molecule has 1 atom stereocenters. The van der Waals surface area contributed by atoms with Crippen LogP contribution in [0.5, 0.6) is 0 Å².